The van der Waals surface area contributed by atoms with Crippen LogP contribution in [0.5, 0.6) is 0 Å². The highest BCUT2D eigenvalue weighted by Crippen LogP contribution is 2.58. The van der Waals surface area contributed by atoms with Crippen molar-refractivity contribution in [2.45, 2.75) is 25.6 Å². The molecule has 114 valence electrons. The van der Waals surface area contributed by atoms with Crippen molar-refractivity contribution in [2.75, 3.05) is 6.61 Å². The summed E-state index contributed by atoms with van der Waals surface area (Å²) in [7, 11) is 0. The van der Waals surface area contributed by atoms with E-state index in [1.807, 2.05) is 0 Å². The second-order valence-electron chi connectivity index (χ2n) is 4.72. The molecule has 21 heavy (non-hydrogen) atoms. The Balaban J connectivity index is 2.34. The Morgan fingerprint density at radius 3 is 2.48 bits per heavy atom. The van der Waals surface area contributed by atoms with Gasteiger partial charge in [0.15, 0.2) is 0 Å². The molecule has 0 spiro atoms. The van der Waals surface area contributed by atoms with E-state index in [9.17, 15) is 18.0 Å². The first-order valence-electron chi connectivity index (χ1n) is 6.52. The van der Waals surface area contributed by atoms with Gasteiger partial charge >= 0.3 is 12.1 Å². The molecular weight excluding hydrogens is 285 g/mol. The van der Waals surface area contributed by atoms with Gasteiger partial charge in [0.2, 0.25) is 5.60 Å². The van der Waals surface area contributed by atoms with Crippen molar-refractivity contribution >= 4 is 5.97 Å². The van der Waals surface area contributed by atoms with Crippen molar-refractivity contribution in [3.8, 4) is 0 Å². The van der Waals surface area contributed by atoms with E-state index in [0.29, 0.717) is 0 Å². The van der Waals surface area contributed by atoms with Crippen LogP contribution in [0.1, 0.15) is 19.4 Å². The summed E-state index contributed by atoms with van der Waals surface area (Å²) < 4.78 is 50.2. The molecule has 1 aliphatic rings. The molecule has 1 saturated heterocycles. The fourth-order valence-electron chi connectivity index (χ4n) is 2.42. The normalized spacial score (nSPS) is 26.9. The van der Waals surface area contributed by atoms with E-state index in [1.165, 1.54) is 31.2 Å². The summed E-state index contributed by atoms with van der Waals surface area (Å²) in [5, 5.41) is 0. The average molecular weight is 300 g/mol. The van der Waals surface area contributed by atoms with Crippen LogP contribution in [0.3, 0.4) is 0 Å². The third kappa shape index (κ3) is 2.50. The van der Waals surface area contributed by atoms with E-state index in [2.05, 4.69) is 4.74 Å². The Morgan fingerprint density at radius 2 is 2.00 bits per heavy atom. The first-order chi connectivity index (χ1) is 9.83. The highest BCUT2D eigenvalue weighted by Gasteiger charge is 2.69. The first kappa shape index (κ1) is 15.4. The van der Waals surface area contributed by atoms with E-state index in [0.717, 1.165) is 6.08 Å². The van der Waals surface area contributed by atoms with Crippen LogP contribution in [0, 0.1) is 5.92 Å². The molecule has 1 aromatic carbocycles. The fourth-order valence-corrected chi connectivity index (χ4v) is 2.42. The van der Waals surface area contributed by atoms with Gasteiger partial charge < -0.3 is 9.47 Å². The number of esters is 1. The van der Waals surface area contributed by atoms with Crippen LogP contribution in [-0.2, 0) is 19.9 Å². The topological polar surface area (TPSA) is 35.5 Å². The van der Waals surface area contributed by atoms with Crippen LogP contribution < -0.4 is 0 Å². The molecule has 0 N–H and O–H groups in total. The Bertz CT molecular complexity index is 551. The Hall–Kier alpha value is -1.98. The second kappa shape index (κ2) is 5.42. The van der Waals surface area contributed by atoms with Crippen LogP contribution in [0.2, 0.25) is 0 Å². The zero-order valence-electron chi connectivity index (χ0n) is 11.6. The number of carbonyl (C=O) groups excluding carboxylic acids is 1. The van der Waals surface area contributed by atoms with Gasteiger partial charge in [-0.3, -0.25) is 0 Å². The summed E-state index contributed by atoms with van der Waals surface area (Å²) >= 11 is 0. The molecule has 1 fully saturated rings. The van der Waals surface area contributed by atoms with Crippen LogP contribution in [0.25, 0.3) is 0 Å². The van der Waals surface area contributed by atoms with Gasteiger partial charge in [-0.15, -0.1) is 0 Å². The lowest BCUT2D eigenvalue weighted by molar-refractivity contribution is -0.332. The van der Waals surface area contributed by atoms with E-state index in [1.54, 1.807) is 13.0 Å². The molecule has 3 nitrogen and oxygen atoms in total. The molecule has 1 aliphatic heterocycles. The number of carbonyl (C=O) groups is 1. The molecule has 1 aromatic rings. The van der Waals surface area contributed by atoms with Crippen molar-refractivity contribution in [3.63, 3.8) is 0 Å². The average Bonchev–Trinajstić information content (AvgIpc) is 2.42. The molecule has 1 unspecified atom stereocenters. The van der Waals surface area contributed by atoms with Gasteiger partial charge in [0, 0.05) is 5.56 Å². The first-order valence-corrected chi connectivity index (χ1v) is 6.52. The van der Waals surface area contributed by atoms with Crippen molar-refractivity contribution in [2.24, 2.45) is 5.92 Å². The Kier molecular flexibility index (Phi) is 3.98. The molecule has 2 rings (SSSR count). The third-order valence-electron chi connectivity index (χ3n) is 3.49. The maximum absolute atomic E-state index is 13.5. The van der Waals surface area contributed by atoms with Crippen molar-refractivity contribution in [3.05, 3.63) is 47.7 Å². The Labute approximate surface area is 120 Å². The number of alkyl halides is 3. The quantitative estimate of drug-likeness (QED) is 0.632. The highest BCUT2D eigenvalue weighted by molar-refractivity contribution is 5.82. The summed E-state index contributed by atoms with van der Waals surface area (Å²) in [4.78, 5) is 11.3. The number of hydrogen-bond acceptors (Lipinski definition) is 3. The minimum atomic E-state index is -4.58. The SMILES string of the molecule is CCOC(=O)/C=C1/OC(c2ccccc2)(C(F)(F)F)[C@H]1C. The summed E-state index contributed by atoms with van der Waals surface area (Å²) in [5.41, 5.74) is -2.39. The van der Waals surface area contributed by atoms with Crippen LogP contribution in [0.15, 0.2) is 42.2 Å². The van der Waals surface area contributed by atoms with Gasteiger partial charge in [0.25, 0.3) is 0 Å². The monoisotopic (exact) mass is 300 g/mol. The van der Waals surface area contributed by atoms with Crippen molar-refractivity contribution in [1.82, 2.24) is 0 Å². The van der Waals surface area contributed by atoms with Gasteiger partial charge in [-0.25, -0.2) is 4.79 Å². The van der Waals surface area contributed by atoms with Gasteiger partial charge in [0.1, 0.15) is 5.76 Å². The van der Waals surface area contributed by atoms with Crippen molar-refractivity contribution in [1.29, 1.82) is 0 Å². The number of hydrogen-bond donors (Lipinski definition) is 0. The molecule has 2 atom stereocenters. The van der Waals surface area contributed by atoms with Gasteiger partial charge in [-0.2, -0.15) is 13.2 Å². The van der Waals surface area contributed by atoms with Gasteiger partial charge in [-0.05, 0) is 6.92 Å². The van der Waals surface area contributed by atoms with Crippen LogP contribution in [-0.4, -0.2) is 18.8 Å². The second-order valence-corrected chi connectivity index (χ2v) is 4.72. The largest absolute Gasteiger partial charge is 0.476 e. The number of rotatable bonds is 3. The lowest BCUT2D eigenvalue weighted by atomic mass is 9.75. The van der Waals surface area contributed by atoms with E-state index in [4.69, 9.17) is 4.74 Å². The third-order valence-corrected chi connectivity index (χ3v) is 3.49. The van der Waals surface area contributed by atoms with Crippen LogP contribution >= 0.6 is 0 Å². The standard InChI is InChI=1S/C15H15F3O3/c1-3-20-13(19)9-12-10(2)14(21-12,15(16,17)18)11-7-5-4-6-8-11/h4-10H,3H2,1-2H3/b12-9+/t10-,14?/m0/s1. The molecule has 0 aromatic heterocycles. The molecular formula is C15H15F3O3. The maximum atomic E-state index is 13.5. The van der Waals surface area contributed by atoms with E-state index >= 15 is 0 Å². The van der Waals surface area contributed by atoms with Crippen LogP contribution in [0.4, 0.5) is 13.2 Å². The summed E-state index contributed by atoms with van der Waals surface area (Å²) in [5.74, 6) is -1.72. The molecule has 0 amide bonds. The molecule has 0 aliphatic carbocycles. The molecule has 6 heteroatoms. The lowest BCUT2D eigenvalue weighted by Crippen LogP contribution is -2.58. The zero-order valence-corrected chi connectivity index (χ0v) is 11.6. The number of benzene rings is 1. The number of ether oxygens (including phenoxy) is 2. The Morgan fingerprint density at radius 1 is 1.38 bits per heavy atom. The molecule has 1 heterocycles. The minimum Gasteiger partial charge on any atom is -0.476 e. The smallest absolute Gasteiger partial charge is 0.433 e. The zero-order chi connectivity index (χ0) is 15.7. The molecule has 0 radical (unpaired) electrons. The number of halogens is 3. The summed E-state index contributed by atoms with van der Waals surface area (Å²) in [6.45, 7) is 3.15. The minimum absolute atomic E-state index is 0.0189. The predicted octanol–water partition coefficient (Wildman–Crippen LogP) is 3.56. The van der Waals surface area contributed by atoms with Gasteiger partial charge in [0.05, 0.1) is 18.6 Å². The molecule has 0 saturated carbocycles. The predicted molar refractivity (Wildman–Crippen MR) is 69.1 cm³/mol. The highest BCUT2D eigenvalue weighted by atomic mass is 19.4. The summed E-state index contributed by atoms with van der Waals surface area (Å²) in [6, 6.07) is 7.40. The van der Waals surface area contributed by atoms with E-state index < -0.39 is 23.7 Å². The molecule has 0 bridgehead atoms. The van der Waals surface area contributed by atoms with Gasteiger partial charge in [-0.1, -0.05) is 37.3 Å². The fraction of sp³-hybridized carbons (Fsp3) is 0.400. The lowest BCUT2D eigenvalue weighted by Gasteiger charge is -2.50. The maximum Gasteiger partial charge on any atom is 0.433 e. The van der Waals surface area contributed by atoms with E-state index in [-0.39, 0.29) is 17.9 Å². The summed E-state index contributed by atoms with van der Waals surface area (Å²) in [6.07, 6.45) is -3.61. The van der Waals surface area contributed by atoms with Crippen molar-refractivity contribution < 1.29 is 27.4 Å².